The Balaban J connectivity index is 1.12. The Morgan fingerprint density at radius 2 is 0.945 bits per heavy atom. The van der Waals surface area contributed by atoms with Crippen molar-refractivity contribution < 1.29 is 0 Å². The third-order valence-corrected chi connectivity index (χ3v) is 10.7. The summed E-state index contributed by atoms with van der Waals surface area (Å²) >= 11 is 0. The van der Waals surface area contributed by atoms with Gasteiger partial charge in [0.05, 0.1) is 16.9 Å². The smallest absolute Gasteiger partial charge is 0.164 e. The first kappa shape index (κ1) is 31.1. The van der Waals surface area contributed by atoms with Crippen LogP contribution in [0.25, 0.3) is 106 Å². The zero-order chi connectivity index (χ0) is 36.3. The molecule has 0 N–H and O–H groups in total. The lowest BCUT2D eigenvalue weighted by Gasteiger charge is -2.16. The van der Waals surface area contributed by atoms with Crippen LogP contribution in [0.3, 0.4) is 0 Å². The molecular weight excluding hydrogens is 671 g/mol. The molecule has 10 aromatic rings. The van der Waals surface area contributed by atoms with E-state index >= 15 is 0 Å². The Morgan fingerprint density at radius 1 is 0.382 bits per heavy atom. The molecule has 256 valence electrons. The lowest BCUT2D eigenvalue weighted by Crippen LogP contribution is -2.01. The lowest BCUT2D eigenvalue weighted by molar-refractivity contribution is 1.07. The van der Waals surface area contributed by atoms with Crippen molar-refractivity contribution in [3.63, 3.8) is 0 Å². The number of benzene rings is 7. The van der Waals surface area contributed by atoms with Gasteiger partial charge in [-0.15, -0.1) is 0 Å². The first-order valence-electron chi connectivity index (χ1n) is 18.5. The Labute approximate surface area is 317 Å². The predicted molar refractivity (Wildman–Crippen MR) is 224 cm³/mol. The van der Waals surface area contributed by atoms with Gasteiger partial charge in [-0.3, -0.25) is 4.98 Å². The first-order chi connectivity index (χ1) is 27.3. The van der Waals surface area contributed by atoms with E-state index in [0.717, 1.165) is 44.7 Å². The maximum Gasteiger partial charge on any atom is 0.164 e. The molecule has 1 aliphatic rings. The number of fused-ring (bicyclic) bond motifs is 6. The van der Waals surface area contributed by atoms with E-state index in [-0.39, 0.29) is 0 Å². The molecule has 0 saturated carbocycles. The molecule has 0 radical (unpaired) electrons. The van der Waals surface area contributed by atoms with Crippen LogP contribution in [-0.4, -0.2) is 24.5 Å². The van der Waals surface area contributed by atoms with Crippen molar-refractivity contribution in [1.82, 2.24) is 24.5 Å². The fourth-order valence-electron chi connectivity index (χ4n) is 8.17. The number of aromatic nitrogens is 5. The summed E-state index contributed by atoms with van der Waals surface area (Å²) in [6, 6.07) is 63.8. The van der Waals surface area contributed by atoms with Crippen LogP contribution in [0.5, 0.6) is 0 Å². The molecule has 0 aliphatic heterocycles. The maximum absolute atomic E-state index is 5.08. The van der Waals surface area contributed by atoms with Gasteiger partial charge >= 0.3 is 0 Å². The zero-order valence-electron chi connectivity index (χ0n) is 29.6. The summed E-state index contributed by atoms with van der Waals surface area (Å²) in [6.45, 7) is 0. The summed E-state index contributed by atoms with van der Waals surface area (Å²) in [4.78, 5) is 20.1. The van der Waals surface area contributed by atoms with Gasteiger partial charge in [-0.25, -0.2) is 15.0 Å². The molecule has 0 spiro atoms. The van der Waals surface area contributed by atoms with Crippen LogP contribution in [0, 0.1) is 0 Å². The first-order valence-corrected chi connectivity index (χ1v) is 18.5. The van der Waals surface area contributed by atoms with Crippen LogP contribution in [-0.2, 0) is 0 Å². The topological polar surface area (TPSA) is 56.5 Å². The third kappa shape index (κ3) is 5.09. The molecule has 0 unspecified atom stereocenters. The summed E-state index contributed by atoms with van der Waals surface area (Å²) in [7, 11) is 0. The van der Waals surface area contributed by atoms with Gasteiger partial charge in [0.1, 0.15) is 0 Å². The molecular formula is C50H31N5. The van der Waals surface area contributed by atoms with Crippen molar-refractivity contribution in [2.75, 3.05) is 0 Å². The Kier molecular flexibility index (Phi) is 7.10. The van der Waals surface area contributed by atoms with Gasteiger partial charge in [0.25, 0.3) is 0 Å². The van der Waals surface area contributed by atoms with Crippen molar-refractivity contribution in [1.29, 1.82) is 0 Å². The fraction of sp³-hybridized carbons (Fsp3) is 0. The minimum Gasteiger partial charge on any atom is -0.307 e. The zero-order valence-corrected chi connectivity index (χ0v) is 29.6. The highest BCUT2D eigenvalue weighted by molar-refractivity contribution is 6.17. The monoisotopic (exact) mass is 701 g/mol. The second kappa shape index (κ2) is 12.6. The van der Waals surface area contributed by atoms with Crippen LogP contribution < -0.4 is 0 Å². The molecule has 1 aliphatic carbocycles. The number of hydrogen-bond acceptors (Lipinski definition) is 4. The summed E-state index contributed by atoms with van der Waals surface area (Å²) in [5, 5.41) is 3.54. The predicted octanol–water partition coefficient (Wildman–Crippen LogP) is 12.3. The third-order valence-electron chi connectivity index (χ3n) is 10.7. The van der Waals surface area contributed by atoms with E-state index in [0.29, 0.717) is 17.5 Å². The van der Waals surface area contributed by atoms with Crippen LogP contribution in [0.4, 0.5) is 0 Å². The van der Waals surface area contributed by atoms with Crippen molar-refractivity contribution >= 4 is 21.7 Å². The minimum atomic E-state index is 0.619. The van der Waals surface area contributed by atoms with Crippen molar-refractivity contribution in [3.8, 4) is 84.6 Å². The van der Waals surface area contributed by atoms with Crippen molar-refractivity contribution in [2.24, 2.45) is 0 Å². The molecule has 0 amide bonds. The van der Waals surface area contributed by atoms with E-state index in [9.17, 15) is 0 Å². The summed E-state index contributed by atoms with van der Waals surface area (Å²) in [5.41, 5.74) is 14.2. The molecule has 0 bridgehead atoms. The molecule has 7 aromatic carbocycles. The largest absolute Gasteiger partial charge is 0.307 e. The quantitative estimate of drug-likeness (QED) is 0.179. The van der Waals surface area contributed by atoms with Crippen LogP contribution in [0.15, 0.2) is 188 Å². The highest BCUT2D eigenvalue weighted by Crippen LogP contribution is 2.52. The number of hydrogen-bond donors (Lipinski definition) is 0. The molecule has 0 atom stereocenters. The van der Waals surface area contributed by atoms with E-state index in [1.807, 2.05) is 42.6 Å². The molecule has 3 aromatic heterocycles. The molecule has 11 rings (SSSR count). The van der Waals surface area contributed by atoms with Gasteiger partial charge in [0, 0.05) is 39.5 Å². The molecule has 0 saturated heterocycles. The van der Waals surface area contributed by atoms with E-state index < -0.39 is 0 Å². The van der Waals surface area contributed by atoms with Crippen LogP contribution >= 0.6 is 0 Å². The molecule has 3 heterocycles. The summed E-state index contributed by atoms with van der Waals surface area (Å²) in [6.07, 6.45) is 1.88. The van der Waals surface area contributed by atoms with Crippen molar-refractivity contribution in [2.45, 2.75) is 0 Å². The van der Waals surface area contributed by atoms with Crippen molar-refractivity contribution in [3.05, 3.63) is 188 Å². The summed E-state index contributed by atoms with van der Waals surface area (Å²) < 4.78 is 2.37. The normalized spacial score (nSPS) is 11.6. The lowest BCUT2D eigenvalue weighted by atomic mass is 9.93. The van der Waals surface area contributed by atoms with Gasteiger partial charge in [-0.1, -0.05) is 133 Å². The number of pyridine rings is 1. The van der Waals surface area contributed by atoms with Gasteiger partial charge in [0.2, 0.25) is 0 Å². The average Bonchev–Trinajstić information content (AvgIpc) is 3.56. The number of nitrogens with zero attached hydrogens (tertiary/aromatic N) is 5. The standard InChI is InChI=1S/C50H31N5/c1-2-14-33(15-3-1)48-52-49(54-50(53-48)36-25-24-32-13-4-5-16-35(32)31-36)34-26-28-37(29-27-34)55-44-23-12-21-41-39-18-7-6-17-38(39)40-19-8-9-20-42(40)46(45(41)44)47(55)43-22-10-11-30-51-43/h1-31H. The SMILES string of the molecule is c1ccc(-c2nc(-c3ccc(-n4c(-c5ccccn5)c5c6c(cccc64)-c4ccccc4-c4ccccc4-5)cc3)nc(-c3ccc4ccccc4c3)n2)cc1. The second-order valence-electron chi connectivity index (χ2n) is 13.8. The van der Waals surface area contributed by atoms with Gasteiger partial charge in [-0.2, -0.15) is 0 Å². The summed E-state index contributed by atoms with van der Waals surface area (Å²) in [5.74, 6) is 1.89. The minimum absolute atomic E-state index is 0.619. The van der Waals surface area contributed by atoms with Crippen LogP contribution in [0.2, 0.25) is 0 Å². The van der Waals surface area contributed by atoms with E-state index in [4.69, 9.17) is 19.9 Å². The second-order valence-corrected chi connectivity index (χ2v) is 13.8. The Bertz CT molecular complexity index is 3080. The van der Waals surface area contributed by atoms with Gasteiger partial charge in [0.15, 0.2) is 17.5 Å². The van der Waals surface area contributed by atoms with E-state index in [2.05, 4.69) is 150 Å². The molecule has 55 heavy (non-hydrogen) atoms. The van der Waals surface area contributed by atoms with Gasteiger partial charge in [-0.05, 0) is 87.1 Å². The van der Waals surface area contributed by atoms with E-state index in [1.54, 1.807) is 0 Å². The van der Waals surface area contributed by atoms with Gasteiger partial charge < -0.3 is 4.57 Å². The molecule has 0 fully saturated rings. The Hall–Kier alpha value is -7.50. The fourth-order valence-corrected chi connectivity index (χ4v) is 8.17. The maximum atomic E-state index is 5.08. The van der Waals surface area contributed by atoms with Crippen LogP contribution in [0.1, 0.15) is 0 Å². The Morgan fingerprint density at radius 3 is 1.67 bits per heavy atom. The highest BCUT2D eigenvalue weighted by Gasteiger charge is 2.29. The highest BCUT2D eigenvalue weighted by atomic mass is 15.0. The van der Waals surface area contributed by atoms with E-state index in [1.165, 1.54) is 44.2 Å². The number of rotatable bonds is 5. The average molecular weight is 702 g/mol. The molecule has 5 heteroatoms. The molecule has 5 nitrogen and oxygen atoms in total.